The molecule has 1 unspecified atom stereocenters. The van der Waals surface area contributed by atoms with Gasteiger partial charge >= 0.3 is 0 Å². The van der Waals surface area contributed by atoms with Crippen molar-refractivity contribution < 1.29 is 0 Å². The molecule has 0 spiro atoms. The zero-order valence-electron chi connectivity index (χ0n) is 12.8. The smallest absolute Gasteiger partial charge is 0.185 e. The zero-order valence-corrected chi connectivity index (χ0v) is 13.6. The van der Waals surface area contributed by atoms with Gasteiger partial charge < -0.3 is 10.2 Å². The molecule has 1 N–H and O–H groups in total. The lowest BCUT2D eigenvalue weighted by Crippen LogP contribution is -2.32. The molecule has 1 aromatic heterocycles. The van der Waals surface area contributed by atoms with Gasteiger partial charge in [0.1, 0.15) is 0 Å². The maximum atomic E-state index is 4.96. The number of nitrogens with zero attached hydrogens (tertiary/aromatic N) is 2. The van der Waals surface area contributed by atoms with Crippen molar-refractivity contribution in [1.29, 1.82) is 0 Å². The van der Waals surface area contributed by atoms with Crippen molar-refractivity contribution in [2.45, 2.75) is 58.4 Å². The van der Waals surface area contributed by atoms with E-state index < -0.39 is 0 Å². The summed E-state index contributed by atoms with van der Waals surface area (Å²) in [6, 6.07) is 0.564. The maximum absolute atomic E-state index is 4.96. The van der Waals surface area contributed by atoms with Crippen LogP contribution in [0.3, 0.4) is 0 Å². The maximum Gasteiger partial charge on any atom is 0.185 e. The van der Waals surface area contributed by atoms with Crippen molar-refractivity contribution in [2.24, 2.45) is 5.92 Å². The summed E-state index contributed by atoms with van der Waals surface area (Å²) in [5.74, 6) is 0.889. The van der Waals surface area contributed by atoms with E-state index in [2.05, 4.69) is 24.1 Å². The standard InChI is InChI=1S/C16H27N3S/c1-3-9-17-13-5-4-6-14-15(13)20-16(18-14)19-10-7-12(2)8-11-19/h12-13,17H,3-11H2,1-2H3. The third-order valence-corrected chi connectivity index (χ3v) is 5.91. The van der Waals surface area contributed by atoms with Crippen molar-refractivity contribution in [3.8, 4) is 0 Å². The Hall–Kier alpha value is -0.610. The quantitative estimate of drug-likeness (QED) is 0.916. The molecule has 0 aromatic carbocycles. The first-order valence-electron chi connectivity index (χ1n) is 8.26. The van der Waals surface area contributed by atoms with Crippen LogP contribution in [0.1, 0.15) is 62.6 Å². The van der Waals surface area contributed by atoms with Gasteiger partial charge in [-0.2, -0.15) is 0 Å². The molecule has 4 heteroatoms. The largest absolute Gasteiger partial charge is 0.348 e. The Morgan fingerprint density at radius 1 is 1.30 bits per heavy atom. The summed E-state index contributed by atoms with van der Waals surface area (Å²) in [7, 11) is 0. The van der Waals surface area contributed by atoms with E-state index in [1.165, 1.54) is 67.3 Å². The number of aromatic nitrogens is 1. The molecule has 0 saturated carbocycles. The Balaban J connectivity index is 1.73. The van der Waals surface area contributed by atoms with Gasteiger partial charge in [-0.1, -0.05) is 25.2 Å². The monoisotopic (exact) mass is 293 g/mol. The molecule has 1 saturated heterocycles. The second kappa shape index (κ2) is 6.44. The van der Waals surface area contributed by atoms with Crippen LogP contribution in [0.25, 0.3) is 0 Å². The fourth-order valence-corrected chi connectivity index (χ4v) is 4.53. The number of hydrogen-bond donors (Lipinski definition) is 1. The number of fused-ring (bicyclic) bond motifs is 1. The first-order valence-corrected chi connectivity index (χ1v) is 9.07. The van der Waals surface area contributed by atoms with Crippen molar-refractivity contribution in [3.63, 3.8) is 0 Å². The van der Waals surface area contributed by atoms with E-state index in [9.17, 15) is 0 Å². The van der Waals surface area contributed by atoms with Gasteiger partial charge in [0.2, 0.25) is 0 Å². The molecule has 2 heterocycles. The fourth-order valence-electron chi connectivity index (χ4n) is 3.26. The van der Waals surface area contributed by atoms with Crippen LogP contribution in [-0.4, -0.2) is 24.6 Å². The van der Waals surface area contributed by atoms with E-state index in [-0.39, 0.29) is 0 Å². The molecule has 3 rings (SSSR count). The van der Waals surface area contributed by atoms with Gasteiger partial charge in [0, 0.05) is 24.0 Å². The Bertz CT molecular complexity index is 435. The third kappa shape index (κ3) is 3.01. The van der Waals surface area contributed by atoms with E-state index >= 15 is 0 Å². The normalized spacial score (nSPS) is 23.9. The number of anilines is 1. The van der Waals surface area contributed by atoms with Crippen molar-refractivity contribution >= 4 is 16.5 Å². The predicted molar refractivity (Wildman–Crippen MR) is 86.7 cm³/mol. The van der Waals surface area contributed by atoms with E-state index in [0.717, 1.165) is 12.5 Å². The van der Waals surface area contributed by atoms with E-state index in [1.54, 1.807) is 0 Å². The Labute approximate surface area is 126 Å². The van der Waals surface area contributed by atoms with Crippen LogP contribution < -0.4 is 10.2 Å². The molecule has 1 aromatic rings. The lowest BCUT2D eigenvalue weighted by molar-refractivity contribution is 0.437. The number of thiazole rings is 1. The van der Waals surface area contributed by atoms with Crippen molar-refractivity contribution in [2.75, 3.05) is 24.5 Å². The first kappa shape index (κ1) is 14.3. The Kier molecular flexibility index (Phi) is 4.61. The van der Waals surface area contributed by atoms with E-state index in [1.807, 2.05) is 11.3 Å². The van der Waals surface area contributed by atoms with Gasteiger partial charge in [-0.3, -0.25) is 0 Å². The first-order chi connectivity index (χ1) is 9.78. The van der Waals surface area contributed by atoms with Crippen molar-refractivity contribution in [1.82, 2.24) is 10.3 Å². The van der Waals surface area contributed by atoms with Gasteiger partial charge in [-0.05, 0) is 51.0 Å². The second-order valence-electron chi connectivity index (χ2n) is 6.38. The van der Waals surface area contributed by atoms with Crippen LogP contribution in [0, 0.1) is 5.92 Å². The number of rotatable bonds is 4. The van der Waals surface area contributed by atoms with Crippen LogP contribution in [0.5, 0.6) is 0 Å². The van der Waals surface area contributed by atoms with Crippen LogP contribution in [0.2, 0.25) is 0 Å². The van der Waals surface area contributed by atoms with Gasteiger partial charge in [0.15, 0.2) is 5.13 Å². The lowest BCUT2D eigenvalue weighted by atomic mass is 9.98. The minimum absolute atomic E-state index is 0.564. The minimum Gasteiger partial charge on any atom is -0.348 e. The molecular formula is C16H27N3S. The molecule has 0 amide bonds. The number of hydrogen-bond acceptors (Lipinski definition) is 4. The van der Waals surface area contributed by atoms with Gasteiger partial charge in [0.25, 0.3) is 0 Å². The fraction of sp³-hybridized carbons (Fsp3) is 0.812. The topological polar surface area (TPSA) is 28.2 Å². The SMILES string of the molecule is CCCNC1CCCc2nc(N3CCC(C)CC3)sc21. The average Bonchev–Trinajstić information content (AvgIpc) is 2.90. The summed E-state index contributed by atoms with van der Waals surface area (Å²) in [4.78, 5) is 9.00. The zero-order chi connectivity index (χ0) is 13.9. The Morgan fingerprint density at radius 2 is 2.10 bits per heavy atom. The van der Waals surface area contributed by atoms with Gasteiger partial charge in [0.05, 0.1) is 5.69 Å². The van der Waals surface area contributed by atoms with Gasteiger partial charge in [-0.15, -0.1) is 0 Å². The highest BCUT2D eigenvalue weighted by atomic mass is 32.1. The minimum atomic E-state index is 0.564. The third-order valence-electron chi connectivity index (χ3n) is 4.63. The highest BCUT2D eigenvalue weighted by Crippen LogP contribution is 2.38. The highest BCUT2D eigenvalue weighted by Gasteiger charge is 2.26. The molecule has 1 fully saturated rings. The molecule has 2 aliphatic rings. The average molecular weight is 293 g/mol. The summed E-state index contributed by atoms with van der Waals surface area (Å²) in [5.41, 5.74) is 1.38. The van der Waals surface area contributed by atoms with Crippen LogP contribution in [-0.2, 0) is 6.42 Å². The predicted octanol–water partition coefficient (Wildman–Crippen LogP) is 3.76. The molecule has 1 aliphatic heterocycles. The molecule has 1 aliphatic carbocycles. The summed E-state index contributed by atoms with van der Waals surface area (Å²) >= 11 is 1.95. The summed E-state index contributed by atoms with van der Waals surface area (Å²) < 4.78 is 0. The van der Waals surface area contributed by atoms with Crippen LogP contribution in [0.15, 0.2) is 0 Å². The molecule has 20 heavy (non-hydrogen) atoms. The Morgan fingerprint density at radius 3 is 2.85 bits per heavy atom. The molecule has 112 valence electrons. The van der Waals surface area contributed by atoms with Gasteiger partial charge in [-0.25, -0.2) is 4.98 Å². The van der Waals surface area contributed by atoms with Crippen molar-refractivity contribution in [3.05, 3.63) is 10.6 Å². The number of piperidine rings is 1. The van der Waals surface area contributed by atoms with E-state index in [4.69, 9.17) is 4.98 Å². The lowest BCUT2D eigenvalue weighted by Gasteiger charge is -2.29. The summed E-state index contributed by atoms with van der Waals surface area (Å²) in [6.45, 7) is 8.12. The summed E-state index contributed by atoms with van der Waals surface area (Å²) in [5, 5.41) is 4.99. The highest BCUT2D eigenvalue weighted by molar-refractivity contribution is 7.15. The molecule has 0 radical (unpaired) electrons. The molecule has 0 bridgehead atoms. The second-order valence-corrected chi connectivity index (χ2v) is 7.38. The van der Waals surface area contributed by atoms with Crippen LogP contribution >= 0.6 is 11.3 Å². The van der Waals surface area contributed by atoms with E-state index in [0.29, 0.717) is 6.04 Å². The molecular weight excluding hydrogens is 266 g/mol. The van der Waals surface area contributed by atoms with Crippen LogP contribution in [0.4, 0.5) is 5.13 Å². The molecule has 1 atom stereocenters. The number of nitrogens with one attached hydrogen (secondary N) is 1. The number of aryl methyl sites for hydroxylation is 1. The molecule has 3 nitrogen and oxygen atoms in total. The summed E-state index contributed by atoms with van der Waals surface area (Å²) in [6.07, 6.45) is 7.60.